The van der Waals surface area contributed by atoms with E-state index in [0.717, 1.165) is 0 Å². The monoisotopic (exact) mass is 484 g/mol. The molecule has 5 unspecified atom stereocenters. The van der Waals surface area contributed by atoms with E-state index in [9.17, 15) is 34.2 Å². The summed E-state index contributed by atoms with van der Waals surface area (Å²) in [5.74, 6) is -5.53. The van der Waals surface area contributed by atoms with Gasteiger partial charge in [0.1, 0.15) is 24.2 Å². The van der Waals surface area contributed by atoms with Crippen LogP contribution in [-0.4, -0.2) is 85.2 Å². The minimum absolute atomic E-state index is 0.0448. The Labute approximate surface area is 195 Å². The number of carboxylic acid groups (broad SMARTS) is 2. The Morgan fingerprint density at radius 2 is 1.53 bits per heavy atom. The Bertz CT molecular complexity index is 857. The molecule has 1 heterocycles. The van der Waals surface area contributed by atoms with E-state index in [1.54, 1.807) is 13.8 Å². The van der Waals surface area contributed by atoms with Crippen molar-refractivity contribution in [3.63, 3.8) is 0 Å². The lowest BCUT2D eigenvalue weighted by Crippen LogP contribution is -2.58. The molecule has 0 spiro atoms. The third-order valence-corrected chi connectivity index (χ3v) is 4.77. The Morgan fingerprint density at radius 1 is 0.971 bits per heavy atom. The molecule has 0 bridgehead atoms. The van der Waals surface area contributed by atoms with Gasteiger partial charge in [-0.15, -0.1) is 0 Å². The molecule has 0 fully saturated rings. The molecule has 0 saturated carbocycles. The Balaban J connectivity index is 3.06. The summed E-state index contributed by atoms with van der Waals surface area (Å²) in [6, 6.07) is -5.43. The zero-order chi connectivity index (χ0) is 26.0. The van der Waals surface area contributed by atoms with E-state index >= 15 is 0 Å². The highest BCUT2D eigenvalue weighted by molar-refractivity contribution is 5.94. The van der Waals surface area contributed by atoms with Crippen LogP contribution in [-0.2, 0) is 30.4 Å². The number of H-pyrrole nitrogens is 1. The number of hydrogen-bond donors (Lipinski definition) is 8. The third kappa shape index (κ3) is 9.54. The van der Waals surface area contributed by atoms with E-state index in [1.165, 1.54) is 19.4 Å². The van der Waals surface area contributed by atoms with Crippen LogP contribution in [0.25, 0.3) is 0 Å². The second kappa shape index (κ2) is 13.3. The molecule has 14 nitrogen and oxygen atoms in total. The molecule has 9 N–H and O–H groups in total. The molecule has 0 aliphatic carbocycles. The number of rotatable bonds is 14. The lowest BCUT2D eigenvalue weighted by Gasteiger charge is -2.26. The minimum Gasteiger partial charge on any atom is -0.481 e. The number of carboxylic acids is 2. The average Bonchev–Trinajstić information content (AvgIpc) is 3.23. The Kier molecular flexibility index (Phi) is 11.1. The number of hydrogen-bond acceptors (Lipinski definition) is 8. The van der Waals surface area contributed by atoms with E-state index in [4.69, 9.17) is 10.8 Å². The largest absolute Gasteiger partial charge is 0.481 e. The van der Waals surface area contributed by atoms with Gasteiger partial charge in [-0.25, -0.2) is 9.78 Å². The van der Waals surface area contributed by atoms with Crippen LogP contribution in [0.15, 0.2) is 12.5 Å². The molecule has 5 atom stereocenters. The molecule has 0 aliphatic heterocycles. The number of carbonyl (C=O) groups is 5. The van der Waals surface area contributed by atoms with Gasteiger partial charge in [-0.3, -0.25) is 19.2 Å². The summed E-state index contributed by atoms with van der Waals surface area (Å²) in [7, 11) is 0. The lowest BCUT2D eigenvalue weighted by molar-refractivity contribution is -0.147. The highest BCUT2D eigenvalue weighted by atomic mass is 16.4. The normalized spacial score (nSPS) is 15.5. The van der Waals surface area contributed by atoms with Crippen molar-refractivity contribution in [3.8, 4) is 0 Å². The van der Waals surface area contributed by atoms with Crippen LogP contribution in [0.1, 0.15) is 39.3 Å². The fraction of sp³-hybridized carbons (Fsp3) is 0.600. The van der Waals surface area contributed by atoms with Gasteiger partial charge in [0.25, 0.3) is 0 Å². The van der Waals surface area contributed by atoms with Crippen molar-refractivity contribution in [3.05, 3.63) is 18.2 Å². The number of carbonyl (C=O) groups excluding carboxylic acids is 3. The number of aliphatic hydroxyl groups excluding tert-OH is 1. The van der Waals surface area contributed by atoms with Crippen LogP contribution >= 0.6 is 0 Å². The zero-order valence-electron chi connectivity index (χ0n) is 19.1. The lowest BCUT2D eigenvalue weighted by atomic mass is 10.0. The van der Waals surface area contributed by atoms with Crippen molar-refractivity contribution < 1.29 is 39.3 Å². The summed E-state index contributed by atoms with van der Waals surface area (Å²) in [5, 5.41) is 34.7. The molecule has 1 rings (SSSR count). The topological polar surface area (TPSA) is 237 Å². The van der Waals surface area contributed by atoms with Crippen molar-refractivity contribution in [2.24, 2.45) is 11.7 Å². The van der Waals surface area contributed by atoms with Gasteiger partial charge >= 0.3 is 11.9 Å². The first-order chi connectivity index (χ1) is 15.8. The van der Waals surface area contributed by atoms with E-state index in [0.29, 0.717) is 5.69 Å². The first-order valence-electron chi connectivity index (χ1n) is 10.6. The summed E-state index contributed by atoms with van der Waals surface area (Å²) in [4.78, 5) is 67.0. The van der Waals surface area contributed by atoms with Gasteiger partial charge in [-0.1, -0.05) is 13.8 Å². The van der Waals surface area contributed by atoms with Gasteiger partial charge in [-0.05, 0) is 19.3 Å². The maximum Gasteiger partial charge on any atom is 0.326 e. The third-order valence-electron chi connectivity index (χ3n) is 4.77. The van der Waals surface area contributed by atoms with Crippen LogP contribution in [0.3, 0.4) is 0 Å². The standard InChI is InChI=1S/C20H32N6O8/c1-9(2)4-12(17(30)26-14(20(33)34)6-15(28)29)24-18(31)13(5-11-7-22-8-23-11)25-19(32)16(21)10(3)27/h7-10,12-14,16,27H,4-6,21H2,1-3H3,(H,22,23)(H,24,31)(H,25,32)(H,26,30)(H,28,29)(H,33,34). The van der Waals surface area contributed by atoms with Crippen molar-refractivity contribution in [1.29, 1.82) is 0 Å². The SMILES string of the molecule is CC(C)CC(NC(=O)C(Cc1cnc[nH]1)NC(=O)C(N)C(C)O)C(=O)NC(CC(=O)O)C(=O)O. The van der Waals surface area contributed by atoms with E-state index in [2.05, 4.69) is 25.9 Å². The molecule has 34 heavy (non-hydrogen) atoms. The molecule has 0 radical (unpaired) electrons. The van der Waals surface area contributed by atoms with Crippen LogP contribution in [0, 0.1) is 5.92 Å². The van der Waals surface area contributed by atoms with Gasteiger partial charge in [-0.2, -0.15) is 0 Å². The predicted octanol–water partition coefficient (Wildman–Crippen LogP) is -2.28. The highest BCUT2D eigenvalue weighted by Crippen LogP contribution is 2.08. The first-order valence-corrected chi connectivity index (χ1v) is 10.6. The molecule has 0 aromatic carbocycles. The van der Waals surface area contributed by atoms with Gasteiger partial charge in [0.05, 0.1) is 18.9 Å². The van der Waals surface area contributed by atoms with Gasteiger partial charge in [0, 0.05) is 18.3 Å². The molecular formula is C20H32N6O8. The number of amides is 3. The van der Waals surface area contributed by atoms with Crippen molar-refractivity contribution >= 4 is 29.7 Å². The number of nitrogens with zero attached hydrogens (tertiary/aromatic N) is 1. The van der Waals surface area contributed by atoms with Crippen LogP contribution in [0.2, 0.25) is 0 Å². The van der Waals surface area contributed by atoms with Gasteiger partial charge in [0.2, 0.25) is 17.7 Å². The Morgan fingerprint density at radius 3 is 2.00 bits per heavy atom. The second-order valence-electron chi connectivity index (χ2n) is 8.30. The van der Waals surface area contributed by atoms with Crippen LogP contribution in [0.4, 0.5) is 0 Å². The molecule has 3 amide bonds. The zero-order valence-corrected chi connectivity index (χ0v) is 19.1. The summed E-state index contributed by atoms with van der Waals surface area (Å²) >= 11 is 0. The minimum atomic E-state index is -1.69. The van der Waals surface area contributed by atoms with Gasteiger partial charge < -0.3 is 42.0 Å². The number of aliphatic hydroxyl groups is 1. The first kappa shape index (κ1) is 28.5. The molecule has 1 aromatic heterocycles. The second-order valence-corrected chi connectivity index (χ2v) is 8.30. The Hall–Kier alpha value is -3.52. The summed E-state index contributed by atoms with van der Waals surface area (Å²) in [6.45, 7) is 4.85. The maximum absolute atomic E-state index is 13.0. The fourth-order valence-corrected chi connectivity index (χ4v) is 2.93. The number of imidazole rings is 1. The number of aromatic amines is 1. The highest BCUT2D eigenvalue weighted by Gasteiger charge is 2.32. The molecule has 0 aliphatic rings. The van der Waals surface area contributed by atoms with Crippen molar-refractivity contribution in [2.45, 2.75) is 70.3 Å². The summed E-state index contributed by atoms with van der Waals surface area (Å²) in [5.41, 5.74) is 6.13. The van der Waals surface area contributed by atoms with Crippen LogP contribution in [0.5, 0.6) is 0 Å². The molecule has 190 valence electrons. The number of aliphatic carboxylic acids is 2. The fourth-order valence-electron chi connectivity index (χ4n) is 2.93. The number of aromatic nitrogens is 2. The van der Waals surface area contributed by atoms with Crippen molar-refractivity contribution in [2.75, 3.05) is 0 Å². The average molecular weight is 485 g/mol. The number of nitrogens with one attached hydrogen (secondary N) is 4. The quantitative estimate of drug-likeness (QED) is 0.141. The molecular weight excluding hydrogens is 452 g/mol. The summed E-state index contributed by atoms with van der Waals surface area (Å²) in [6.07, 6.45) is 0.836. The molecule has 14 heteroatoms. The summed E-state index contributed by atoms with van der Waals surface area (Å²) < 4.78 is 0. The smallest absolute Gasteiger partial charge is 0.326 e. The molecule has 1 aromatic rings. The maximum atomic E-state index is 13.0. The van der Waals surface area contributed by atoms with Crippen LogP contribution < -0.4 is 21.7 Å². The number of nitrogens with two attached hydrogens (primary N) is 1. The van der Waals surface area contributed by atoms with Crippen molar-refractivity contribution in [1.82, 2.24) is 25.9 Å². The van der Waals surface area contributed by atoms with Gasteiger partial charge in [0.15, 0.2) is 0 Å². The van der Waals surface area contributed by atoms with E-state index in [1.807, 2.05) is 0 Å². The van der Waals surface area contributed by atoms with E-state index in [-0.39, 0.29) is 18.8 Å². The predicted molar refractivity (Wildman–Crippen MR) is 117 cm³/mol. The molecule has 0 saturated heterocycles. The van der Waals surface area contributed by atoms with E-state index < -0.39 is 66.4 Å².